The molecule has 0 saturated carbocycles. The lowest BCUT2D eigenvalue weighted by Gasteiger charge is -2.18. The molecule has 3 N–H and O–H groups in total. The van der Waals surface area contributed by atoms with Crippen LogP contribution < -0.4 is 11.1 Å². The zero-order valence-electron chi connectivity index (χ0n) is 8.23. The second-order valence-corrected chi connectivity index (χ2v) is 3.35. The third-order valence-electron chi connectivity index (χ3n) is 2.42. The minimum atomic E-state index is -0.464. The highest BCUT2D eigenvalue weighted by atomic mass is 16.6. The highest BCUT2D eigenvalue weighted by Crippen LogP contribution is 2.27. The minimum Gasteiger partial charge on any atom is -0.384 e. The van der Waals surface area contributed by atoms with Crippen molar-refractivity contribution in [3.05, 3.63) is 45.3 Å². The Morgan fingerprint density at radius 3 is 2.94 bits per heavy atom. The number of nitro groups is 1. The van der Waals surface area contributed by atoms with Crippen LogP contribution in [0, 0.1) is 21.4 Å². The lowest BCUT2D eigenvalue weighted by atomic mass is 9.97. The van der Waals surface area contributed by atoms with Crippen LogP contribution in [0.5, 0.6) is 0 Å². The van der Waals surface area contributed by atoms with E-state index in [0.717, 1.165) is 0 Å². The van der Waals surface area contributed by atoms with E-state index in [2.05, 4.69) is 5.32 Å². The Bertz CT molecular complexity index is 542. The van der Waals surface area contributed by atoms with Crippen LogP contribution in [0.1, 0.15) is 11.1 Å². The first-order valence-electron chi connectivity index (χ1n) is 4.55. The standard InChI is InChI=1S/C10H8N4O2/c11-4-9-8-2-1-7(14(15)16)3-6(8)5-13-10(9)12/h1-3,13H,5,12H2. The number of non-ortho nitro benzene ring substituents is 1. The van der Waals surface area contributed by atoms with Crippen LogP contribution >= 0.6 is 0 Å². The van der Waals surface area contributed by atoms with Gasteiger partial charge in [-0.1, -0.05) is 0 Å². The lowest BCUT2D eigenvalue weighted by molar-refractivity contribution is -0.384. The number of fused-ring (bicyclic) bond motifs is 1. The molecule has 0 unspecified atom stereocenters. The van der Waals surface area contributed by atoms with Crippen LogP contribution in [0.3, 0.4) is 0 Å². The first kappa shape index (κ1) is 9.98. The molecule has 0 saturated heterocycles. The summed E-state index contributed by atoms with van der Waals surface area (Å²) < 4.78 is 0. The van der Waals surface area contributed by atoms with Crippen molar-refractivity contribution in [2.24, 2.45) is 5.73 Å². The molecule has 0 atom stereocenters. The van der Waals surface area contributed by atoms with Crippen molar-refractivity contribution in [2.45, 2.75) is 6.54 Å². The third kappa shape index (κ3) is 1.44. The maximum Gasteiger partial charge on any atom is 0.269 e. The number of rotatable bonds is 1. The molecule has 1 aliphatic heterocycles. The van der Waals surface area contributed by atoms with E-state index < -0.39 is 4.92 Å². The number of allylic oxidation sites excluding steroid dienone is 1. The van der Waals surface area contributed by atoms with Gasteiger partial charge in [-0.15, -0.1) is 0 Å². The van der Waals surface area contributed by atoms with E-state index >= 15 is 0 Å². The molecule has 0 amide bonds. The van der Waals surface area contributed by atoms with Crippen LogP contribution in [0.25, 0.3) is 5.57 Å². The summed E-state index contributed by atoms with van der Waals surface area (Å²) in [7, 11) is 0. The van der Waals surface area contributed by atoms with Crippen LogP contribution in [-0.2, 0) is 6.54 Å². The van der Waals surface area contributed by atoms with Crippen molar-refractivity contribution in [2.75, 3.05) is 0 Å². The zero-order chi connectivity index (χ0) is 11.7. The molecule has 0 radical (unpaired) electrons. The molecule has 0 aromatic heterocycles. The van der Waals surface area contributed by atoms with Gasteiger partial charge in [0.1, 0.15) is 11.9 Å². The highest BCUT2D eigenvalue weighted by molar-refractivity contribution is 5.82. The Morgan fingerprint density at radius 2 is 2.31 bits per heavy atom. The van der Waals surface area contributed by atoms with Crippen LogP contribution in [0.4, 0.5) is 5.69 Å². The molecule has 16 heavy (non-hydrogen) atoms. The summed E-state index contributed by atoms with van der Waals surface area (Å²) in [6.45, 7) is 0.397. The van der Waals surface area contributed by atoms with Crippen LogP contribution in [0.2, 0.25) is 0 Å². The van der Waals surface area contributed by atoms with Gasteiger partial charge >= 0.3 is 0 Å². The van der Waals surface area contributed by atoms with E-state index in [-0.39, 0.29) is 5.69 Å². The number of nitrogens with zero attached hydrogens (tertiary/aromatic N) is 2. The van der Waals surface area contributed by atoms with Gasteiger partial charge < -0.3 is 11.1 Å². The van der Waals surface area contributed by atoms with Gasteiger partial charge in [-0.25, -0.2) is 0 Å². The van der Waals surface area contributed by atoms with Gasteiger partial charge in [-0.2, -0.15) is 5.26 Å². The quantitative estimate of drug-likeness (QED) is 0.534. The normalized spacial score (nSPS) is 13.7. The molecular weight excluding hydrogens is 208 g/mol. The highest BCUT2D eigenvalue weighted by Gasteiger charge is 2.19. The molecule has 0 fully saturated rings. The Morgan fingerprint density at radius 1 is 1.56 bits per heavy atom. The fourth-order valence-corrected chi connectivity index (χ4v) is 1.63. The zero-order valence-corrected chi connectivity index (χ0v) is 8.23. The number of nitriles is 1. The number of nitrogens with one attached hydrogen (secondary N) is 1. The Balaban J connectivity index is 2.58. The molecule has 6 heteroatoms. The number of benzene rings is 1. The summed E-state index contributed by atoms with van der Waals surface area (Å²) in [5.74, 6) is 0.309. The van der Waals surface area contributed by atoms with Crippen LogP contribution in [-0.4, -0.2) is 4.92 Å². The Kier molecular flexibility index (Phi) is 2.21. The van der Waals surface area contributed by atoms with E-state index in [9.17, 15) is 10.1 Å². The Labute approximate surface area is 91.1 Å². The number of nitrogens with two attached hydrogens (primary N) is 1. The third-order valence-corrected chi connectivity index (χ3v) is 2.42. The summed E-state index contributed by atoms with van der Waals surface area (Å²) in [5.41, 5.74) is 7.32. The lowest BCUT2D eigenvalue weighted by Crippen LogP contribution is -2.25. The average Bonchev–Trinajstić information content (AvgIpc) is 2.28. The van der Waals surface area contributed by atoms with Gasteiger partial charge in [-0.05, 0) is 11.6 Å². The second kappa shape index (κ2) is 3.55. The topological polar surface area (TPSA) is 105 Å². The summed E-state index contributed by atoms with van der Waals surface area (Å²) in [4.78, 5) is 10.1. The van der Waals surface area contributed by atoms with E-state index in [1.54, 1.807) is 6.07 Å². The smallest absolute Gasteiger partial charge is 0.269 e. The average molecular weight is 216 g/mol. The molecule has 1 aromatic rings. The largest absolute Gasteiger partial charge is 0.384 e. The van der Waals surface area contributed by atoms with Crippen molar-refractivity contribution >= 4 is 11.3 Å². The molecule has 1 aromatic carbocycles. The first-order chi connectivity index (χ1) is 7.63. The van der Waals surface area contributed by atoms with Gasteiger partial charge in [0.15, 0.2) is 0 Å². The van der Waals surface area contributed by atoms with Gasteiger partial charge in [-0.3, -0.25) is 10.1 Å². The van der Waals surface area contributed by atoms with E-state index in [4.69, 9.17) is 11.0 Å². The predicted molar refractivity (Wildman–Crippen MR) is 56.7 cm³/mol. The maximum absolute atomic E-state index is 10.6. The van der Waals surface area contributed by atoms with E-state index in [0.29, 0.717) is 29.1 Å². The molecule has 80 valence electrons. The molecular formula is C10H8N4O2. The molecule has 0 spiro atoms. The molecule has 0 aliphatic carbocycles. The van der Waals surface area contributed by atoms with Crippen molar-refractivity contribution in [1.29, 1.82) is 5.26 Å². The molecule has 1 aliphatic rings. The summed E-state index contributed by atoms with van der Waals surface area (Å²) in [6.07, 6.45) is 0. The first-order valence-corrected chi connectivity index (χ1v) is 4.55. The second-order valence-electron chi connectivity index (χ2n) is 3.35. The van der Waals surface area contributed by atoms with Crippen molar-refractivity contribution in [1.82, 2.24) is 5.32 Å². The van der Waals surface area contributed by atoms with Crippen molar-refractivity contribution in [3.63, 3.8) is 0 Å². The van der Waals surface area contributed by atoms with Gasteiger partial charge in [0.25, 0.3) is 5.69 Å². The fourth-order valence-electron chi connectivity index (χ4n) is 1.63. The predicted octanol–water partition coefficient (Wildman–Crippen LogP) is 0.849. The van der Waals surface area contributed by atoms with Gasteiger partial charge in [0, 0.05) is 24.2 Å². The number of nitro benzene ring substituents is 1. The number of hydrogen-bond donors (Lipinski definition) is 2. The molecule has 6 nitrogen and oxygen atoms in total. The molecule has 2 rings (SSSR count). The summed E-state index contributed by atoms with van der Waals surface area (Å²) in [5, 5.41) is 22.3. The van der Waals surface area contributed by atoms with Gasteiger partial charge in [0.2, 0.25) is 0 Å². The fraction of sp³-hybridized carbons (Fsp3) is 0.100. The Hall–Kier alpha value is -2.55. The minimum absolute atomic E-state index is 0.0123. The summed E-state index contributed by atoms with van der Waals surface area (Å²) in [6, 6.07) is 6.36. The van der Waals surface area contributed by atoms with E-state index in [1.807, 2.05) is 6.07 Å². The summed E-state index contributed by atoms with van der Waals surface area (Å²) >= 11 is 0. The monoisotopic (exact) mass is 216 g/mol. The molecule has 1 heterocycles. The molecule has 0 bridgehead atoms. The van der Waals surface area contributed by atoms with Crippen LogP contribution in [0.15, 0.2) is 24.0 Å². The van der Waals surface area contributed by atoms with Crippen molar-refractivity contribution < 1.29 is 4.92 Å². The van der Waals surface area contributed by atoms with E-state index in [1.165, 1.54) is 12.1 Å². The van der Waals surface area contributed by atoms with Crippen molar-refractivity contribution in [3.8, 4) is 6.07 Å². The maximum atomic E-state index is 10.6. The SMILES string of the molecule is N#CC1=C(N)NCc2cc([N+](=O)[O-])ccc21. The number of hydrogen-bond acceptors (Lipinski definition) is 5. The van der Waals surface area contributed by atoms with Gasteiger partial charge in [0.05, 0.1) is 10.5 Å².